The molecule has 1 aliphatic rings. The van der Waals surface area contributed by atoms with Gasteiger partial charge in [-0.05, 0) is 26.5 Å². The minimum atomic E-state index is -0.275. The van der Waals surface area contributed by atoms with Crippen LogP contribution in [0.2, 0.25) is 0 Å². The summed E-state index contributed by atoms with van der Waals surface area (Å²) in [5.74, 6) is 0.618. The number of aromatic nitrogens is 1. The van der Waals surface area contributed by atoms with Crippen LogP contribution >= 0.6 is 0 Å². The number of rotatable bonds is 3. The Bertz CT molecular complexity index is 429. The van der Waals surface area contributed by atoms with Crippen molar-refractivity contribution >= 4 is 5.82 Å². The van der Waals surface area contributed by atoms with Gasteiger partial charge in [-0.15, -0.1) is 0 Å². The van der Waals surface area contributed by atoms with Crippen molar-refractivity contribution in [1.82, 2.24) is 10.3 Å². The van der Waals surface area contributed by atoms with E-state index in [1.54, 1.807) is 6.07 Å². The standard InChI is InChI=1S/C13H18FN3/c1-10-3-5-17(6-4-10)13-11(8-15-2)7-12(14)9-16-13/h3,7,9,15H,4-6,8H2,1-2H3. The van der Waals surface area contributed by atoms with Crippen LogP contribution in [-0.4, -0.2) is 25.1 Å². The molecular weight excluding hydrogens is 217 g/mol. The van der Waals surface area contributed by atoms with Crippen molar-refractivity contribution in [3.63, 3.8) is 0 Å². The van der Waals surface area contributed by atoms with E-state index >= 15 is 0 Å². The van der Waals surface area contributed by atoms with E-state index in [-0.39, 0.29) is 5.82 Å². The highest BCUT2D eigenvalue weighted by Gasteiger charge is 2.15. The second kappa shape index (κ2) is 5.27. The molecule has 0 saturated carbocycles. The molecule has 1 aromatic heterocycles. The molecule has 1 aromatic rings. The van der Waals surface area contributed by atoms with Crippen molar-refractivity contribution in [2.24, 2.45) is 0 Å². The predicted molar refractivity (Wildman–Crippen MR) is 67.5 cm³/mol. The second-order valence-electron chi connectivity index (χ2n) is 4.41. The molecule has 3 nitrogen and oxygen atoms in total. The van der Waals surface area contributed by atoms with Gasteiger partial charge in [0.25, 0.3) is 0 Å². The Labute approximate surface area is 101 Å². The zero-order valence-electron chi connectivity index (χ0n) is 10.3. The van der Waals surface area contributed by atoms with Gasteiger partial charge < -0.3 is 10.2 Å². The van der Waals surface area contributed by atoms with Gasteiger partial charge in [-0.3, -0.25) is 0 Å². The monoisotopic (exact) mass is 235 g/mol. The van der Waals surface area contributed by atoms with Gasteiger partial charge in [0.2, 0.25) is 0 Å². The molecule has 0 saturated heterocycles. The normalized spacial score (nSPS) is 15.9. The molecule has 2 heterocycles. The van der Waals surface area contributed by atoms with Crippen LogP contribution in [0, 0.1) is 5.82 Å². The lowest BCUT2D eigenvalue weighted by atomic mass is 10.1. The first-order chi connectivity index (χ1) is 8.20. The number of halogens is 1. The third kappa shape index (κ3) is 2.82. The summed E-state index contributed by atoms with van der Waals surface area (Å²) in [6, 6.07) is 1.56. The first-order valence-corrected chi connectivity index (χ1v) is 5.90. The molecule has 0 unspecified atom stereocenters. The largest absolute Gasteiger partial charge is 0.352 e. The summed E-state index contributed by atoms with van der Waals surface area (Å²) in [5, 5.41) is 3.05. The smallest absolute Gasteiger partial charge is 0.141 e. The second-order valence-corrected chi connectivity index (χ2v) is 4.41. The van der Waals surface area contributed by atoms with E-state index in [1.807, 2.05) is 7.05 Å². The molecule has 1 N–H and O–H groups in total. The summed E-state index contributed by atoms with van der Waals surface area (Å²) < 4.78 is 13.2. The maximum Gasteiger partial charge on any atom is 0.141 e. The van der Waals surface area contributed by atoms with E-state index in [0.29, 0.717) is 6.54 Å². The van der Waals surface area contributed by atoms with E-state index in [2.05, 4.69) is 28.2 Å². The molecule has 0 fully saturated rings. The van der Waals surface area contributed by atoms with Gasteiger partial charge in [0.15, 0.2) is 0 Å². The number of nitrogens with one attached hydrogen (secondary N) is 1. The molecule has 2 rings (SSSR count). The van der Waals surface area contributed by atoms with Gasteiger partial charge in [0, 0.05) is 25.2 Å². The van der Waals surface area contributed by atoms with Gasteiger partial charge in [0.1, 0.15) is 11.6 Å². The highest BCUT2D eigenvalue weighted by Crippen LogP contribution is 2.22. The van der Waals surface area contributed by atoms with Crippen molar-refractivity contribution in [3.05, 3.63) is 35.3 Å². The van der Waals surface area contributed by atoms with Gasteiger partial charge in [0.05, 0.1) is 6.20 Å². The molecule has 1 aliphatic heterocycles. The number of hydrogen-bond acceptors (Lipinski definition) is 3. The molecule has 4 heteroatoms. The average molecular weight is 235 g/mol. The number of nitrogens with zero attached hydrogens (tertiary/aromatic N) is 2. The highest BCUT2D eigenvalue weighted by molar-refractivity contribution is 5.48. The maximum absolute atomic E-state index is 13.2. The van der Waals surface area contributed by atoms with Crippen LogP contribution in [0.5, 0.6) is 0 Å². The third-order valence-electron chi connectivity index (χ3n) is 3.01. The molecule has 0 aliphatic carbocycles. The summed E-state index contributed by atoms with van der Waals surface area (Å²) in [4.78, 5) is 6.42. The SMILES string of the molecule is CNCc1cc(F)cnc1N1CC=C(C)CC1. The molecule has 0 atom stereocenters. The van der Waals surface area contributed by atoms with Crippen molar-refractivity contribution in [2.45, 2.75) is 19.9 Å². The summed E-state index contributed by atoms with van der Waals surface area (Å²) in [6.45, 7) is 4.60. The van der Waals surface area contributed by atoms with Crippen LogP contribution in [0.4, 0.5) is 10.2 Å². The van der Waals surface area contributed by atoms with Gasteiger partial charge in [-0.25, -0.2) is 9.37 Å². The van der Waals surface area contributed by atoms with Crippen molar-refractivity contribution < 1.29 is 4.39 Å². The Hall–Kier alpha value is -1.42. The zero-order valence-corrected chi connectivity index (χ0v) is 10.3. The Morgan fingerprint density at radius 1 is 1.53 bits per heavy atom. The Kier molecular flexibility index (Phi) is 3.74. The Morgan fingerprint density at radius 2 is 2.35 bits per heavy atom. The predicted octanol–water partition coefficient (Wildman–Crippen LogP) is 2.10. The molecular formula is C13H18FN3. The van der Waals surface area contributed by atoms with Crippen molar-refractivity contribution in [2.75, 3.05) is 25.0 Å². The molecule has 17 heavy (non-hydrogen) atoms. The number of pyridine rings is 1. The van der Waals surface area contributed by atoms with E-state index < -0.39 is 0 Å². The molecule has 0 aromatic carbocycles. The third-order valence-corrected chi connectivity index (χ3v) is 3.01. The minimum absolute atomic E-state index is 0.275. The highest BCUT2D eigenvalue weighted by atomic mass is 19.1. The van der Waals surface area contributed by atoms with Crippen molar-refractivity contribution in [1.29, 1.82) is 0 Å². The molecule has 0 radical (unpaired) electrons. The first-order valence-electron chi connectivity index (χ1n) is 5.90. The van der Waals surface area contributed by atoms with Gasteiger partial charge in [-0.2, -0.15) is 0 Å². The summed E-state index contributed by atoms with van der Waals surface area (Å²) in [5.41, 5.74) is 2.33. The maximum atomic E-state index is 13.2. The molecule has 0 bridgehead atoms. The lowest BCUT2D eigenvalue weighted by molar-refractivity contribution is 0.614. The Balaban J connectivity index is 2.25. The fraction of sp³-hybridized carbons (Fsp3) is 0.462. The van der Waals surface area contributed by atoms with Crippen LogP contribution in [0.25, 0.3) is 0 Å². The summed E-state index contributed by atoms with van der Waals surface area (Å²) in [7, 11) is 1.86. The van der Waals surface area contributed by atoms with E-state index in [1.165, 1.54) is 11.8 Å². The Morgan fingerprint density at radius 3 is 3.00 bits per heavy atom. The van der Waals surface area contributed by atoms with E-state index in [9.17, 15) is 4.39 Å². The molecule has 92 valence electrons. The topological polar surface area (TPSA) is 28.2 Å². The zero-order chi connectivity index (χ0) is 12.3. The van der Waals surface area contributed by atoms with Crippen LogP contribution in [0.1, 0.15) is 18.9 Å². The van der Waals surface area contributed by atoms with E-state index in [4.69, 9.17) is 0 Å². The summed E-state index contributed by atoms with van der Waals surface area (Å²) in [6.07, 6.45) is 4.55. The van der Waals surface area contributed by atoms with Crippen LogP contribution in [0.3, 0.4) is 0 Å². The first kappa shape index (κ1) is 12.0. The van der Waals surface area contributed by atoms with Crippen LogP contribution < -0.4 is 10.2 Å². The quantitative estimate of drug-likeness (QED) is 0.813. The lowest BCUT2D eigenvalue weighted by Crippen LogP contribution is -2.30. The fourth-order valence-corrected chi connectivity index (χ4v) is 2.04. The average Bonchev–Trinajstić information content (AvgIpc) is 2.31. The minimum Gasteiger partial charge on any atom is -0.352 e. The summed E-state index contributed by atoms with van der Waals surface area (Å²) >= 11 is 0. The number of hydrogen-bond donors (Lipinski definition) is 1. The van der Waals surface area contributed by atoms with Gasteiger partial charge >= 0.3 is 0 Å². The van der Waals surface area contributed by atoms with Crippen molar-refractivity contribution in [3.8, 4) is 0 Å². The lowest BCUT2D eigenvalue weighted by Gasteiger charge is -2.28. The van der Waals surface area contributed by atoms with E-state index in [0.717, 1.165) is 30.9 Å². The molecule has 0 amide bonds. The number of anilines is 1. The van der Waals surface area contributed by atoms with Crippen LogP contribution in [-0.2, 0) is 6.54 Å². The van der Waals surface area contributed by atoms with Crippen LogP contribution in [0.15, 0.2) is 23.9 Å². The fourth-order valence-electron chi connectivity index (χ4n) is 2.04. The van der Waals surface area contributed by atoms with Gasteiger partial charge in [-0.1, -0.05) is 11.6 Å². The molecule has 0 spiro atoms.